The number of para-hydroxylation sites is 1. The Kier molecular flexibility index (Phi) is 7.10. The maximum Gasteiger partial charge on any atom is 0.307 e. The van der Waals surface area contributed by atoms with Crippen molar-refractivity contribution < 1.29 is 19.1 Å². The largest absolute Gasteiger partial charge is 0.482 e. The topological polar surface area (TPSA) is 64.6 Å². The lowest BCUT2D eigenvalue weighted by atomic mass is 10.0. The Morgan fingerprint density at radius 3 is 2.40 bits per heavy atom. The predicted octanol–water partition coefficient (Wildman–Crippen LogP) is 3.79. The van der Waals surface area contributed by atoms with Crippen molar-refractivity contribution in [1.82, 2.24) is 5.32 Å². The first-order valence-corrected chi connectivity index (χ1v) is 8.24. The fraction of sp³-hybridized carbons (Fsp3) is 0.222. The number of benzene rings is 2. The molecular weight excluding hydrogens is 365 g/mol. The van der Waals surface area contributed by atoms with Crippen molar-refractivity contribution in [2.24, 2.45) is 0 Å². The van der Waals surface area contributed by atoms with Crippen LogP contribution in [0.15, 0.2) is 48.5 Å². The van der Waals surface area contributed by atoms with Gasteiger partial charge in [0.1, 0.15) is 5.75 Å². The summed E-state index contributed by atoms with van der Waals surface area (Å²) < 4.78 is 10.1. The Hall–Kier alpha value is -2.24. The fourth-order valence-corrected chi connectivity index (χ4v) is 2.45. The number of ether oxygens (including phenoxy) is 2. The van der Waals surface area contributed by atoms with Crippen molar-refractivity contribution in [3.8, 4) is 5.75 Å². The van der Waals surface area contributed by atoms with Gasteiger partial charge in [-0.2, -0.15) is 0 Å². The minimum Gasteiger partial charge on any atom is -0.482 e. The Morgan fingerprint density at radius 2 is 1.76 bits per heavy atom. The monoisotopic (exact) mass is 381 g/mol. The summed E-state index contributed by atoms with van der Waals surface area (Å²) in [5, 5.41) is 3.74. The van der Waals surface area contributed by atoms with Gasteiger partial charge in [-0.25, -0.2) is 0 Å². The predicted molar refractivity (Wildman–Crippen MR) is 95.9 cm³/mol. The molecule has 2 aromatic rings. The van der Waals surface area contributed by atoms with E-state index in [4.69, 9.17) is 27.9 Å². The van der Waals surface area contributed by atoms with E-state index in [0.717, 1.165) is 5.56 Å². The SMILES string of the molecule is COC(=O)CC(NC(=O)COc1ccccc1Cl)c1ccc(Cl)cc1. The first-order valence-electron chi connectivity index (χ1n) is 7.48. The summed E-state index contributed by atoms with van der Waals surface area (Å²) in [6.07, 6.45) is -0.00400. The first kappa shape index (κ1) is 19.1. The highest BCUT2D eigenvalue weighted by atomic mass is 35.5. The van der Waals surface area contributed by atoms with Crippen molar-refractivity contribution in [3.63, 3.8) is 0 Å². The molecule has 2 aromatic carbocycles. The molecule has 0 aliphatic heterocycles. The van der Waals surface area contributed by atoms with Gasteiger partial charge in [-0.1, -0.05) is 47.5 Å². The molecule has 0 aliphatic rings. The Morgan fingerprint density at radius 1 is 1.08 bits per heavy atom. The van der Waals surface area contributed by atoms with Gasteiger partial charge < -0.3 is 14.8 Å². The molecule has 1 N–H and O–H groups in total. The Balaban J connectivity index is 2.02. The van der Waals surface area contributed by atoms with Crippen molar-refractivity contribution in [3.05, 3.63) is 64.1 Å². The van der Waals surface area contributed by atoms with Crippen LogP contribution in [0.1, 0.15) is 18.0 Å². The molecule has 0 spiro atoms. The highest BCUT2D eigenvalue weighted by molar-refractivity contribution is 6.32. The number of hydrogen-bond acceptors (Lipinski definition) is 4. The maximum absolute atomic E-state index is 12.2. The zero-order valence-corrected chi connectivity index (χ0v) is 15.0. The van der Waals surface area contributed by atoms with Crippen molar-refractivity contribution in [2.75, 3.05) is 13.7 Å². The number of methoxy groups -OCH3 is 1. The van der Waals surface area contributed by atoms with Gasteiger partial charge in [-0.3, -0.25) is 9.59 Å². The molecule has 0 bridgehead atoms. The molecule has 1 unspecified atom stereocenters. The van der Waals surface area contributed by atoms with Crippen LogP contribution in [0.3, 0.4) is 0 Å². The average molecular weight is 382 g/mol. The van der Waals surface area contributed by atoms with Gasteiger partial charge >= 0.3 is 5.97 Å². The normalized spacial score (nSPS) is 11.5. The molecule has 0 radical (unpaired) electrons. The van der Waals surface area contributed by atoms with Crippen LogP contribution in [-0.4, -0.2) is 25.6 Å². The second-order valence-electron chi connectivity index (χ2n) is 5.17. The smallest absolute Gasteiger partial charge is 0.307 e. The molecule has 0 fully saturated rings. The number of carbonyl (C=O) groups excluding carboxylic acids is 2. The van der Waals surface area contributed by atoms with Crippen LogP contribution in [-0.2, 0) is 14.3 Å². The van der Waals surface area contributed by atoms with E-state index in [2.05, 4.69) is 10.1 Å². The molecule has 7 heteroatoms. The van der Waals surface area contributed by atoms with Crippen molar-refractivity contribution in [2.45, 2.75) is 12.5 Å². The zero-order chi connectivity index (χ0) is 18.2. The highest BCUT2D eigenvalue weighted by Crippen LogP contribution is 2.23. The van der Waals surface area contributed by atoms with E-state index in [1.165, 1.54) is 7.11 Å². The van der Waals surface area contributed by atoms with Gasteiger partial charge in [0, 0.05) is 5.02 Å². The summed E-state index contributed by atoms with van der Waals surface area (Å²) in [6, 6.07) is 13.2. The summed E-state index contributed by atoms with van der Waals surface area (Å²) in [7, 11) is 1.30. The van der Waals surface area contributed by atoms with Crippen molar-refractivity contribution in [1.29, 1.82) is 0 Å². The molecule has 2 rings (SSSR count). The summed E-state index contributed by atoms with van der Waals surface area (Å²) >= 11 is 11.9. The van der Waals surface area contributed by atoms with Crippen LogP contribution >= 0.6 is 23.2 Å². The van der Waals surface area contributed by atoms with Gasteiger partial charge in [0.25, 0.3) is 5.91 Å². The number of carbonyl (C=O) groups is 2. The summed E-state index contributed by atoms with van der Waals surface area (Å²) in [5.74, 6) is -0.411. The number of hydrogen-bond donors (Lipinski definition) is 1. The second-order valence-corrected chi connectivity index (χ2v) is 6.01. The third-order valence-electron chi connectivity index (χ3n) is 3.40. The molecule has 132 valence electrons. The molecule has 0 heterocycles. The maximum atomic E-state index is 12.2. The van der Waals surface area contributed by atoms with E-state index in [1.807, 2.05) is 0 Å². The third kappa shape index (κ3) is 5.96. The molecule has 0 aliphatic carbocycles. The third-order valence-corrected chi connectivity index (χ3v) is 3.97. The number of nitrogens with one attached hydrogen (secondary N) is 1. The molecule has 1 amide bonds. The Bertz CT molecular complexity index is 734. The zero-order valence-electron chi connectivity index (χ0n) is 13.5. The molecule has 0 saturated heterocycles. The lowest BCUT2D eigenvalue weighted by Crippen LogP contribution is -2.34. The Labute approximate surface area is 155 Å². The van der Waals surface area contributed by atoms with Crippen LogP contribution in [0.5, 0.6) is 5.75 Å². The molecule has 5 nitrogen and oxygen atoms in total. The van der Waals surface area contributed by atoms with Gasteiger partial charge in [0.2, 0.25) is 0 Å². The summed E-state index contributed by atoms with van der Waals surface area (Å²) in [4.78, 5) is 23.8. The van der Waals surface area contributed by atoms with E-state index in [9.17, 15) is 9.59 Å². The molecule has 0 saturated carbocycles. The molecule has 1 atom stereocenters. The summed E-state index contributed by atoms with van der Waals surface area (Å²) in [6.45, 7) is -0.227. The number of rotatable bonds is 7. The van der Waals surface area contributed by atoms with Crippen LogP contribution in [0.4, 0.5) is 0 Å². The molecule has 0 aromatic heterocycles. The van der Waals surface area contributed by atoms with Crippen LogP contribution in [0.25, 0.3) is 0 Å². The van der Waals surface area contributed by atoms with Crippen LogP contribution < -0.4 is 10.1 Å². The molecule has 25 heavy (non-hydrogen) atoms. The van der Waals surface area contributed by atoms with Crippen LogP contribution in [0.2, 0.25) is 10.0 Å². The minimum absolute atomic E-state index is 0.00400. The van der Waals surface area contributed by atoms with Crippen LogP contribution in [0, 0.1) is 0 Å². The standard InChI is InChI=1S/C18H17Cl2NO4/c1-24-18(23)10-15(12-6-8-13(19)9-7-12)21-17(22)11-25-16-5-3-2-4-14(16)20/h2-9,15H,10-11H2,1H3,(H,21,22). The fourth-order valence-electron chi connectivity index (χ4n) is 2.14. The highest BCUT2D eigenvalue weighted by Gasteiger charge is 2.19. The van der Waals surface area contributed by atoms with E-state index in [-0.39, 0.29) is 18.9 Å². The van der Waals surface area contributed by atoms with Gasteiger partial charge in [0.05, 0.1) is 24.6 Å². The lowest BCUT2D eigenvalue weighted by Gasteiger charge is -2.18. The number of amides is 1. The molecular formula is C18H17Cl2NO4. The average Bonchev–Trinajstić information content (AvgIpc) is 2.61. The second kappa shape index (κ2) is 9.30. The summed E-state index contributed by atoms with van der Waals surface area (Å²) in [5.41, 5.74) is 0.737. The lowest BCUT2D eigenvalue weighted by molar-refractivity contribution is -0.141. The van der Waals surface area contributed by atoms with E-state index in [1.54, 1.807) is 48.5 Å². The number of halogens is 2. The number of esters is 1. The van der Waals surface area contributed by atoms with E-state index >= 15 is 0 Å². The first-order chi connectivity index (χ1) is 12.0. The van der Waals surface area contributed by atoms with Gasteiger partial charge in [-0.15, -0.1) is 0 Å². The van der Waals surface area contributed by atoms with Gasteiger partial charge in [0.15, 0.2) is 6.61 Å². The van der Waals surface area contributed by atoms with E-state index < -0.39 is 12.0 Å². The van der Waals surface area contributed by atoms with Crippen molar-refractivity contribution >= 4 is 35.1 Å². The van der Waals surface area contributed by atoms with Gasteiger partial charge in [-0.05, 0) is 29.8 Å². The minimum atomic E-state index is -0.549. The van der Waals surface area contributed by atoms with E-state index in [0.29, 0.717) is 15.8 Å². The quantitative estimate of drug-likeness (QED) is 0.740.